The lowest BCUT2D eigenvalue weighted by Crippen LogP contribution is -2.31. The Bertz CT molecular complexity index is 484. The molecule has 3 nitrogen and oxygen atoms in total. The number of nitrogens with zero attached hydrogens (tertiary/aromatic N) is 1. The monoisotopic (exact) mass is 288 g/mol. The van der Waals surface area contributed by atoms with Crippen LogP contribution in [0.4, 0.5) is 5.69 Å². The molecule has 0 fully saturated rings. The molecule has 0 saturated heterocycles. The van der Waals surface area contributed by atoms with Gasteiger partial charge in [-0.25, -0.2) is 0 Å². The fraction of sp³-hybridized carbons (Fsp3) is 0.611. The van der Waals surface area contributed by atoms with Crippen molar-refractivity contribution in [2.75, 3.05) is 19.0 Å². The van der Waals surface area contributed by atoms with Crippen LogP contribution in [0.25, 0.3) is 0 Å². The molecule has 1 aromatic carbocycles. The van der Waals surface area contributed by atoms with E-state index in [9.17, 15) is 4.79 Å². The van der Waals surface area contributed by atoms with Gasteiger partial charge < -0.3 is 10.2 Å². The van der Waals surface area contributed by atoms with Crippen LogP contribution < -0.4 is 10.2 Å². The van der Waals surface area contributed by atoms with Gasteiger partial charge in [0.05, 0.1) is 0 Å². The smallest absolute Gasteiger partial charge is 0.227 e. The van der Waals surface area contributed by atoms with Crippen molar-refractivity contribution in [1.82, 2.24) is 5.32 Å². The highest BCUT2D eigenvalue weighted by molar-refractivity contribution is 5.95. The van der Waals surface area contributed by atoms with Gasteiger partial charge in [0, 0.05) is 25.2 Å². The summed E-state index contributed by atoms with van der Waals surface area (Å²) in [6.07, 6.45) is 7.89. The van der Waals surface area contributed by atoms with E-state index >= 15 is 0 Å². The predicted octanol–water partition coefficient (Wildman–Crippen LogP) is 3.83. The lowest BCUT2D eigenvalue weighted by Gasteiger charge is -2.27. The van der Waals surface area contributed by atoms with Crippen LogP contribution >= 0.6 is 0 Å². The molecule has 0 aromatic heterocycles. The van der Waals surface area contributed by atoms with E-state index in [0.29, 0.717) is 12.5 Å². The van der Waals surface area contributed by atoms with Gasteiger partial charge in [0.2, 0.25) is 5.91 Å². The van der Waals surface area contributed by atoms with Crippen molar-refractivity contribution in [3.05, 3.63) is 29.3 Å². The number of carbonyl (C=O) groups excluding carboxylic acids is 1. The molecule has 0 spiro atoms. The first-order valence-electron chi connectivity index (χ1n) is 8.24. The van der Waals surface area contributed by atoms with Crippen molar-refractivity contribution in [3.8, 4) is 0 Å². The van der Waals surface area contributed by atoms with Gasteiger partial charge in [-0.2, -0.15) is 0 Å². The number of anilines is 1. The van der Waals surface area contributed by atoms with Crippen LogP contribution in [0.3, 0.4) is 0 Å². The van der Waals surface area contributed by atoms with Gasteiger partial charge in [-0.05, 0) is 37.1 Å². The number of unbranched alkanes of at least 4 members (excludes halogenated alkanes) is 3. The summed E-state index contributed by atoms with van der Waals surface area (Å²) in [6.45, 7) is 2.25. The molecular formula is C18H28N2O. The van der Waals surface area contributed by atoms with E-state index in [-0.39, 0.29) is 5.91 Å². The first kappa shape index (κ1) is 16.0. The van der Waals surface area contributed by atoms with E-state index in [2.05, 4.69) is 30.4 Å². The normalized spacial score (nSPS) is 16.0. The zero-order valence-corrected chi connectivity index (χ0v) is 13.6. The number of hydrogen-bond acceptors (Lipinski definition) is 2. The third-order valence-corrected chi connectivity index (χ3v) is 4.54. The number of fused-ring (bicyclic) bond motifs is 1. The van der Waals surface area contributed by atoms with Crippen molar-refractivity contribution < 1.29 is 4.79 Å². The van der Waals surface area contributed by atoms with E-state index in [1.54, 1.807) is 4.90 Å². The minimum atomic E-state index is 0.222. The Kier molecular flexibility index (Phi) is 5.80. The van der Waals surface area contributed by atoms with E-state index in [1.807, 2.05) is 14.1 Å². The van der Waals surface area contributed by atoms with E-state index in [4.69, 9.17) is 0 Å². The van der Waals surface area contributed by atoms with Crippen molar-refractivity contribution >= 4 is 11.6 Å². The third-order valence-electron chi connectivity index (χ3n) is 4.54. The third kappa shape index (κ3) is 3.85. The zero-order chi connectivity index (χ0) is 15.2. The molecule has 1 atom stereocenters. The number of aryl methyl sites for hydroxylation is 1. The van der Waals surface area contributed by atoms with Crippen molar-refractivity contribution in [1.29, 1.82) is 0 Å². The minimum absolute atomic E-state index is 0.222. The Labute approximate surface area is 128 Å². The molecule has 3 heteroatoms. The summed E-state index contributed by atoms with van der Waals surface area (Å²) in [5, 5.41) is 3.44. The molecule has 0 saturated carbocycles. The van der Waals surface area contributed by atoms with Gasteiger partial charge in [0.25, 0.3) is 0 Å². The fourth-order valence-electron chi connectivity index (χ4n) is 3.15. The molecule has 0 aliphatic carbocycles. The summed E-state index contributed by atoms with van der Waals surface area (Å²) >= 11 is 0. The fourth-order valence-corrected chi connectivity index (χ4v) is 3.15. The van der Waals surface area contributed by atoms with Gasteiger partial charge in [0.15, 0.2) is 0 Å². The second-order valence-electron chi connectivity index (χ2n) is 6.03. The first-order chi connectivity index (χ1) is 10.2. The molecule has 21 heavy (non-hydrogen) atoms. The Balaban J connectivity index is 2.07. The van der Waals surface area contributed by atoms with Crippen LogP contribution in [0.15, 0.2) is 18.2 Å². The summed E-state index contributed by atoms with van der Waals surface area (Å²) in [7, 11) is 3.92. The Hall–Kier alpha value is -1.35. The maximum atomic E-state index is 11.7. The number of hydrogen-bond donors (Lipinski definition) is 1. The molecule has 116 valence electrons. The average Bonchev–Trinajstić information content (AvgIpc) is 2.51. The molecule has 1 aliphatic heterocycles. The Morgan fingerprint density at radius 2 is 2.05 bits per heavy atom. The lowest BCUT2D eigenvalue weighted by molar-refractivity contribution is -0.118. The maximum Gasteiger partial charge on any atom is 0.227 e. The second kappa shape index (κ2) is 7.60. The van der Waals surface area contributed by atoms with Crippen LogP contribution in [0.1, 0.15) is 62.6 Å². The van der Waals surface area contributed by atoms with Gasteiger partial charge in [-0.15, -0.1) is 0 Å². The number of nitrogens with one attached hydrogen (secondary N) is 1. The van der Waals surface area contributed by atoms with Crippen molar-refractivity contribution in [2.45, 2.75) is 57.9 Å². The van der Waals surface area contributed by atoms with E-state index in [0.717, 1.165) is 12.1 Å². The first-order valence-corrected chi connectivity index (χ1v) is 8.24. The molecule has 0 bridgehead atoms. The number of benzene rings is 1. The summed E-state index contributed by atoms with van der Waals surface area (Å²) in [4.78, 5) is 13.5. The summed E-state index contributed by atoms with van der Waals surface area (Å²) in [5.74, 6) is 0.222. The van der Waals surface area contributed by atoms with Crippen LogP contribution in [-0.2, 0) is 11.2 Å². The molecule has 1 unspecified atom stereocenters. The molecular weight excluding hydrogens is 260 g/mol. The largest absolute Gasteiger partial charge is 0.315 e. The highest BCUT2D eigenvalue weighted by Gasteiger charge is 2.21. The highest BCUT2D eigenvalue weighted by atomic mass is 16.2. The Morgan fingerprint density at radius 1 is 1.24 bits per heavy atom. The lowest BCUT2D eigenvalue weighted by atomic mass is 9.94. The maximum absolute atomic E-state index is 11.7. The zero-order valence-electron chi connectivity index (χ0n) is 13.6. The molecule has 1 aliphatic rings. The average molecular weight is 288 g/mol. The van der Waals surface area contributed by atoms with Crippen molar-refractivity contribution in [2.24, 2.45) is 0 Å². The summed E-state index contributed by atoms with van der Waals surface area (Å²) < 4.78 is 0. The molecule has 1 N–H and O–H groups in total. The quantitative estimate of drug-likeness (QED) is 0.773. The SMILES string of the molecule is CCCCCCC(NC)c1ccc2c(c1)CCC(=O)N2C. The topological polar surface area (TPSA) is 32.3 Å². The van der Waals surface area contributed by atoms with Gasteiger partial charge >= 0.3 is 0 Å². The van der Waals surface area contributed by atoms with Crippen LogP contribution in [0.5, 0.6) is 0 Å². The van der Waals surface area contributed by atoms with Crippen LogP contribution in [0.2, 0.25) is 0 Å². The van der Waals surface area contributed by atoms with Gasteiger partial charge in [-0.3, -0.25) is 4.79 Å². The van der Waals surface area contributed by atoms with Crippen molar-refractivity contribution in [3.63, 3.8) is 0 Å². The number of carbonyl (C=O) groups is 1. The van der Waals surface area contributed by atoms with E-state index in [1.165, 1.54) is 43.2 Å². The van der Waals surface area contributed by atoms with Gasteiger partial charge in [-0.1, -0.05) is 44.7 Å². The second-order valence-corrected chi connectivity index (χ2v) is 6.03. The predicted molar refractivity (Wildman–Crippen MR) is 88.7 cm³/mol. The summed E-state index contributed by atoms with van der Waals surface area (Å²) in [6, 6.07) is 7.00. The molecule has 1 aromatic rings. The molecule has 2 rings (SSSR count). The summed E-state index contributed by atoms with van der Waals surface area (Å²) in [5.41, 5.74) is 3.75. The molecule has 1 heterocycles. The minimum Gasteiger partial charge on any atom is -0.315 e. The van der Waals surface area contributed by atoms with Gasteiger partial charge in [0.1, 0.15) is 0 Å². The number of amides is 1. The van der Waals surface area contributed by atoms with E-state index < -0.39 is 0 Å². The Morgan fingerprint density at radius 3 is 2.76 bits per heavy atom. The standard InChI is InChI=1S/C18H28N2O/c1-4-5-6-7-8-16(19-2)14-9-11-17-15(13-14)10-12-18(21)20(17)3/h9,11,13,16,19H,4-8,10,12H2,1-3H3. The molecule has 0 radical (unpaired) electrons. The number of rotatable bonds is 7. The molecule has 1 amide bonds. The van der Waals surface area contributed by atoms with Crippen LogP contribution in [0, 0.1) is 0 Å². The van der Waals surface area contributed by atoms with Crippen LogP contribution in [-0.4, -0.2) is 20.0 Å². The highest BCUT2D eigenvalue weighted by Crippen LogP contribution is 2.30.